The van der Waals surface area contributed by atoms with E-state index in [4.69, 9.17) is 4.74 Å². The molecule has 138 valence electrons. The van der Waals surface area contributed by atoms with E-state index in [-0.39, 0.29) is 5.82 Å². The van der Waals surface area contributed by atoms with Crippen LogP contribution in [0.5, 0.6) is 0 Å². The molecule has 0 saturated carbocycles. The average Bonchev–Trinajstić information content (AvgIpc) is 3.13. The third kappa shape index (κ3) is 4.42. The number of hydrogen-bond donors (Lipinski definition) is 0. The van der Waals surface area contributed by atoms with Gasteiger partial charge in [0.1, 0.15) is 5.82 Å². The Bertz CT molecular complexity index is 555. The largest absolute Gasteiger partial charge is 0.381 e. The lowest BCUT2D eigenvalue weighted by Gasteiger charge is -2.47. The Labute approximate surface area is 151 Å². The Morgan fingerprint density at radius 1 is 1.04 bits per heavy atom. The summed E-state index contributed by atoms with van der Waals surface area (Å²) in [6, 6.07) is 7.07. The van der Waals surface area contributed by atoms with Crippen LogP contribution in [0.15, 0.2) is 24.3 Å². The number of piperidine rings is 2. The minimum Gasteiger partial charge on any atom is -0.381 e. The second-order valence-electron chi connectivity index (χ2n) is 8.44. The quantitative estimate of drug-likeness (QED) is 0.829. The molecule has 0 aliphatic carbocycles. The number of benzene rings is 1. The van der Waals surface area contributed by atoms with Crippen molar-refractivity contribution >= 4 is 0 Å². The van der Waals surface area contributed by atoms with Gasteiger partial charge < -0.3 is 9.64 Å². The molecule has 25 heavy (non-hydrogen) atoms. The molecular weight excluding hydrogens is 315 g/mol. The molecule has 1 unspecified atom stereocenters. The molecular formula is C21H31FN2O. The van der Waals surface area contributed by atoms with E-state index in [9.17, 15) is 4.39 Å². The summed E-state index contributed by atoms with van der Waals surface area (Å²) >= 11 is 0. The van der Waals surface area contributed by atoms with Crippen molar-refractivity contribution in [2.24, 2.45) is 11.3 Å². The molecule has 0 aromatic heterocycles. The van der Waals surface area contributed by atoms with Crippen molar-refractivity contribution in [2.45, 2.75) is 38.6 Å². The van der Waals surface area contributed by atoms with Crippen LogP contribution in [0, 0.1) is 17.2 Å². The van der Waals surface area contributed by atoms with Gasteiger partial charge in [-0.3, -0.25) is 4.90 Å². The Morgan fingerprint density at radius 3 is 2.40 bits per heavy atom. The van der Waals surface area contributed by atoms with Gasteiger partial charge in [-0.2, -0.15) is 0 Å². The van der Waals surface area contributed by atoms with Crippen molar-refractivity contribution in [3.05, 3.63) is 35.6 Å². The molecule has 3 nitrogen and oxygen atoms in total. The van der Waals surface area contributed by atoms with Crippen LogP contribution < -0.4 is 0 Å². The lowest BCUT2D eigenvalue weighted by atomic mass is 9.71. The number of halogens is 1. The second kappa shape index (κ2) is 7.73. The summed E-state index contributed by atoms with van der Waals surface area (Å²) in [4.78, 5) is 5.17. The van der Waals surface area contributed by atoms with Gasteiger partial charge in [0.25, 0.3) is 0 Å². The maximum absolute atomic E-state index is 13.4. The summed E-state index contributed by atoms with van der Waals surface area (Å²) in [6.07, 6.45) is 6.57. The molecule has 3 saturated heterocycles. The molecule has 3 aliphatic rings. The van der Waals surface area contributed by atoms with Crippen LogP contribution in [0.3, 0.4) is 0 Å². The van der Waals surface area contributed by atoms with Crippen LogP contribution in [0.25, 0.3) is 0 Å². The van der Waals surface area contributed by atoms with E-state index in [2.05, 4.69) is 9.80 Å². The van der Waals surface area contributed by atoms with Crippen LogP contribution in [0.4, 0.5) is 4.39 Å². The molecule has 0 amide bonds. The number of nitrogens with zero attached hydrogens (tertiary/aromatic N) is 2. The molecule has 4 rings (SSSR count). The molecule has 3 heterocycles. The number of rotatable bonds is 4. The zero-order valence-corrected chi connectivity index (χ0v) is 15.3. The van der Waals surface area contributed by atoms with E-state index in [1.807, 2.05) is 12.1 Å². The highest BCUT2D eigenvalue weighted by Gasteiger charge is 2.37. The highest BCUT2D eigenvalue weighted by molar-refractivity contribution is 5.16. The Balaban J connectivity index is 1.23. The number of ether oxygens (including phenoxy) is 1. The lowest BCUT2D eigenvalue weighted by Crippen LogP contribution is -2.47. The van der Waals surface area contributed by atoms with Gasteiger partial charge in [0, 0.05) is 19.7 Å². The van der Waals surface area contributed by atoms with Crippen LogP contribution in [0.1, 0.15) is 37.7 Å². The third-order valence-corrected chi connectivity index (χ3v) is 6.67. The SMILES string of the molecule is Fc1cccc(CN2CCC3(CC2)CCN(CC2CCOC2)CC3)c1. The summed E-state index contributed by atoms with van der Waals surface area (Å²) < 4.78 is 18.9. The van der Waals surface area contributed by atoms with Crippen molar-refractivity contribution in [1.29, 1.82) is 0 Å². The van der Waals surface area contributed by atoms with Crippen LogP contribution >= 0.6 is 0 Å². The summed E-state index contributed by atoms with van der Waals surface area (Å²) in [5.74, 6) is 0.646. The van der Waals surface area contributed by atoms with Gasteiger partial charge in [-0.05, 0) is 87.3 Å². The van der Waals surface area contributed by atoms with Gasteiger partial charge in [0.15, 0.2) is 0 Å². The maximum Gasteiger partial charge on any atom is 0.123 e. The summed E-state index contributed by atoms with van der Waals surface area (Å²) in [7, 11) is 0. The average molecular weight is 346 g/mol. The highest BCUT2D eigenvalue weighted by Crippen LogP contribution is 2.41. The molecule has 0 bridgehead atoms. The fraction of sp³-hybridized carbons (Fsp3) is 0.714. The highest BCUT2D eigenvalue weighted by atomic mass is 19.1. The molecule has 0 N–H and O–H groups in total. The molecule has 0 radical (unpaired) electrons. The molecule has 3 aliphatic heterocycles. The zero-order valence-electron chi connectivity index (χ0n) is 15.3. The minimum absolute atomic E-state index is 0.119. The van der Waals surface area contributed by atoms with Crippen LogP contribution in [0.2, 0.25) is 0 Å². The van der Waals surface area contributed by atoms with Gasteiger partial charge >= 0.3 is 0 Å². The predicted molar refractivity (Wildman–Crippen MR) is 97.9 cm³/mol. The van der Waals surface area contributed by atoms with E-state index in [0.29, 0.717) is 5.41 Å². The van der Waals surface area contributed by atoms with Crippen molar-refractivity contribution in [3.8, 4) is 0 Å². The van der Waals surface area contributed by atoms with Crippen molar-refractivity contribution < 1.29 is 9.13 Å². The van der Waals surface area contributed by atoms with Crippen LogP contribution in [-0.2, 0) is 11.3 Å². The molecule has 1 aromatic rings. The molecule has 1 aromatic carbocycles. The Morgan fingerprint density at radius 2 is 1.76 bits per heavy atom. The normalized spacial score (nSPS) is 27.8. The molecule has 4 heteroatoms. The smallest absolute Gasteiger partial charge is 0.123 e. The van der Waals surface area contributed by atoms with E-state index < -0.39 is 0 Å². The molecule has 3 fully saturated rings. The molecule has 1 atom stereocenters. The van der Waals surface area contributed by atoms with E-state index in [1.165, 1.54) is 57.8 Å². The third-order valence-electron chi connectivity index (χ3n) is 6.67. The summed E-state index contributed by atoms with van der Waals surface area (Å²) in [6.45, 7) is 8.91. The topological polar surface area (TPSA) is 15.7 Å². The first-order valence-electron chi connectivity index (χ1n) is 9.98. The van der Waals surface area contributed by atoms with Gasteiger partial charge in [-0.25, -0.2) is 4.39 Å². The van der Waals surface area contributed by atoms with Gasteiger partial charge in [-0.15, -0.1) is 0 Å². The van der Waals surface area contributed by atoms with Gasteiger partial charge in [0.05, 0.1) is 6.61 Å². The van der Waals surface area contributed by atoms with E-state index in [1.54, 1.807) is 6.07 Å². The summed E-state index contributed by atoms with van der Waals surface area (Å²) in [5, 5.41) is 0. The summed E-state index contributed by atoms with van der Waals surface area (Å²) in [5.41, 5.74) is 1.67. The predicted octanol–water partition coefficient (Wildman–Crippen LogP) is 3.54. The Hall–Kier alpha value is -0.970. The van der Waals surface area contributed by atoms with E-state index in [0.717, 1.165) is 44.3 Å². The first-order valence-corrected chi connectivity index (χ1v) is 9.98. The fourth-order valence-corrected chi connectivity index (χ4v) is 4.88. The first-order chi connectivity index (χ1) is 12.2. The second-order valence-corrected chi connectivity index (χ2v) is 8.44. The van der Waals surface area contributed by atoms with Crippen LogP contribution in [-0.4, -0.2) is 55.7 Å². The van der Waals surface area contributed by atoms with Crippen molar-refractivity contribution in [2.75, 3.05) is 45.9 Å². The minimum atomic E-state index is -0.119. The van der Waals surface area contributed by atoms with E-state index >= 15 is 0 Å². The fourth-order valence-electron chi connectivity index (χ4n) is 4.88. The Kier molecular flexibility index (Phi) is 5.39. The number of hydrogen-bond acceptors (Lipinski definition) is 3. The monoisotopic (exact) mass is 346 g/mol. The standard InChI is InChI=1S/C21H31FN2O/c22-20-3-1-2-18(14-20)15-23-9-5-21(6-10-23)7-11-24(12-8-21)16-19-4-13-25-17-19/h1-3,14,19H,4-13,15-17H2. The van der Waals surface area contributed by atoms with Gasteiger partial charge in [0.2, 0.25) is 0 Å². The van der Waals surface area contributed by atoms with Crippen molar-refractivity contribution in [1.82, 2.24) is 9.80 Å². The van der Waals surface area contributed by atoms with Crippen molar-refractivity contribution in [3.63, 3.8) is 0 Å². The first kappa shape index (κ1) is 17.4. The molecule has 1 spiro atoms. The maximum atomic E-state index is 13.4. The number of likely N-dealkylation sites (tertiary alicyclic amines) is 2. The lowest BCUT2D eigenvalue weighted by molar-refractivity contribution is 0.0270. The van der Waals surface area contributed by atoms with Gasteiger partial charge in [-0.1, -0.05) is 12.1 Å². The zero-order chi connectivity index (χ0) is 17.1.